The minimum atomic E-state index is -0.988. The van der Waals surface area contributed by atoms with Crippen LogP contribution in [0.15, 0.2) is 59.7 Å². The number of nitrogens with zero attached hydrogens (tertiary/aromatic N) is 1. The standard InChI is InChI=1S/C23H23N3O6/c1-13(25-26-22(30)19-12-16(27)10-11-20(19)28)14-6-8-15(9-7-14)24-21(29)17-4-2-3-5-18(17)23(31)32/h2-3,6-12,17-18,27-28H,4-5H2,1H3,(H,24,29)(H,26,30)(H,31,32)/b25-13-/t17-,18+/m1/s1. The number of anilines is 1. The van der Waals surface area contributed by atoms with E-state index in [1.807, 2.05) is 6.08 Å². The number of hydrogen-bond acceptors (Lipinski definition) is 6. The van der Waals surface area contributed by atoms with Gasteiger partial charge in [0.05, 0.1) is 23.1 Å². The van der Waals surface area contributed by atoms with E-state index in [9.17, 15) is 29.7 Å². The van der Waals surface area contributed by atoms with Crippen LogP contribution in [0, 0.1) is 11.8 Å². The fourth-order valence-electron chi connectivity index (χ4n) is 3.37. The predicted octanol–water partition coefficient (Wildman–Crippen LogP) is 2.86. The summed E-state index contributed by atoms with van der Waals surface area (Å²) in [4.78, 5) is 36.1. The molecule has 0 aliphatic heterocycles. The summed E-state index contributed by atoms with van der Waals surface area (Å²) < 4.78 is 0. The molecule has 3 rings (SSSR count). The Hall–Kier alpha value is -4.14. The van der Waals surface area contributed by atoms with Crippen molar-refractivity contribution in [1.82, 2.24) is 5.43 Å². The monoisotopic (exact) mass is 437 g/mol. The first kappa shape index (κ1) is 22.5. The van der Waals surface area contributed by atoms with Gasteiger partial charge in [0.1, 0.15) is 11.5 Å². The minimum absolute atomic E-state index is 0.114. The Balaban J connectivity index is 1.64. The Labute approximate surface area is 184 Å². The molecule has 0 bridgehead atoms. The van der Waals surface area contributed by atoms with Gasteiger partial charge in [0.25, 0.3) is 5.91 Å². The highest BCUT2D eigenvalue weighted by atomic mass is 16.4. The Morgan fingerprint density at radius 1 is 0.969 bits per heavy atom. The van der Waals surface area contributed by atoms with Gasteiger partial charge in [-0.05, 0) is 55.7 Å². The van der Waals surface area contributed by atoms with Gasteiger partial charge in [0, 0.05) is 5.69 Å². The molecule has 0 unspecified atom stereocenters. The van der Waals surface area contributed by atoms with Crippen molar-refractivity contribution in [2.45, 2.75) is 19.8 Å². The maximum Gasteiger partial charge on any atom is 0.307 e. The van der Waals surface area contributed by atoms with Crippen LogP contribution in [0.4, 0.5) is 5.69 Å². The van der Waals surface area contributed by atoms with E-state index in [1.54, 1.807) is 37.3 Å². The maximum absolute atomic E-state index is 12.5. The molecule has 0 fully saturated rings. The second-order valence-electron chi connectivity index (χ2n) is 7.40. The molecule has 2 aromatic rings. The van der Waals surface area contributed by atoms with Crippen molar-refractivity contribution in [3.63, 3.8) is 0 Å². The third-order valence-corrected chi connectivity index (χ3v) is 5.21. The highest BCUT2D eigenvalue weighted by molar-refractivity contribution is 6.02. The number of hydrogen-bond donors (Lipinski definition) is 5. The number of hydrazone groups is 1. The molecule has 0 saturated carbocycles. The topological polar surface area (TPSA) is 148 Å². The summed E-state index contributed by atoms with van der Waals surface area (Å²) in [5, 5.41) is 35.3. The van der Waals surface area contributed by atoms with Gasteiger partial charge in [0.15, 0.2) is 0 Å². The smallest absolute Gasteiger partial charge is 0.307 e. The van der Waals surface area contributed by atoms with Crippen LogP contribution < -0.4 is 10.7 Å². The van der Waals surface area contributed by atoms with Crippen LogP contribution in [0.2, 0.25) is 0 Å². The molecule has 9 nitrogen and oxygen atoms in total. The van der Waals surface area contributed by atoms with Crippen molar-refractivity contribution >= 4 is 29.2 Å². The fourth-order valence-corrected chi connectivity index (χ4v) is 3.37. The van der Waals surface area contributed by atoms with Crippen LogP contribution >= 0.6 is 0 Å². The van der Waals surface area contributed by atoms with Crippen molar-refractivity contribution in [3.05, 3.63) is 65.7 Å². The number of rotatable bonds is 6. The summed E-state index contributed by atoms with van der Waals surface area (Å²) in [5.41, 5.74) is 3.86. The number of carboxylic acid groups (broad SMARTS) is 1. The molecule has 0 saturated heterocycles. The van der Waals surface area contributed by atoms with Crippen LogP contribution in [0.3, 0.4) is 0 Å². The zero-order valence-electron chi connectivity index (χ0n) is 17.3. The molecule has 2 atom stereocenters. The number of allylic oxidation sites excluding steroid dienone is 2. The molecular weight excluding hydrogens is 414 g/mol. The van der Waals surface area contributed by atoms with E-state index in [1.165, 1.54) is 12.1 Å². The third kappa shape index (κ3) is 5.31. The van der Waals surface area contributed by atoms with Gasteiger partial charge in [-0.15, -0.1) is 0 Å². The van der Waals surface area contributed by atoms with Gasteiger partial charge in [-0.1, -0.05) is 24.3 Å². The average Bonchev–Trinajstić information content (AvgIpc) is 2.79. The van der Waals surface area contributed by atoms with Crippen molar-refractivity contribution in [1.29, 1.82) is 0 Å². The summed E-state index contributed by atoms with van der Waals surface area (Å²) in [6.45, 7) is 1.67. The van der Waals surface area contributed by atoms with E-state index in [-0.39, 0.29) is 23.0 Å². The summed E-state index contributed by atoms with van der Waals surface area (Å²) in [5.74, 6) is -3.85. The zero-order valence-corrected chi connectivity index (χ0v) is 17.3. The Kier molecular flexibility index (Phi) is 6.89. The molecule has 0 heterocycles. The highest BCUT2D eigenvalue weighted by Crippen LogP contribution is 2.27. The number of carboxylic acids is 1. The van der Waals surface area contributed by atoms with Gasteiger partial charge in [-0.25, -0.2) is 5.43 Å². The maximum atomic E-state index is 12.5. The SMILES string of the molecule is C/C(=N/NC(=O)c1cc(O)ccc1O)c1ccc(NC(=O)[C@@H]2CC=CC[C@@H]2C(=O)O)cc1. The number of carbonyl (C=O) groups is 3. The van der Waals surface area contributed by atoms with Crippen LogP contribution in [-0.2, 0) is 9.59 Å². The third-order valence-electron chi connectivity index (χ3n) is 5.21. The molecule has 1 aliphatic carbocycles. The molecule has 0 spiro atoms. The van der Waals surface area contributed by atoms with Crippen molar-refractivity contribution in [2.75, 3.05) is 5.32 Å². The van der Waals surface area contributed by atoms with Crippen LogP contribution in [0.1, 0.15) is 35.7 Å². The van der Waals surface area contributed by atoms with E-state index in [4.69, 9.17) is 0 Å². The fraction of sp³-hybridized carbons (Fsp3) is 0.217. The summed E-state index contributed by atoms with van der Waals surface area (Å²) in [7, 11) is 0. The molecular formula is C23H23N3O6. The van der Waals surface area contributed by atoms with Crippen LogP contribution in [0.5, 0.6) is 11.5 Å². The number of amides is 2. The van der Waals surface area contributed by atoms with E-state index in [0.29, 0.717) is 29.8 Å². The number of phenols is 2. The zero-order chi connectivity index (χ0) is 23.3. The number of benzene rings is 2. The molecule has 166 valence electrons. The van der Waals surface area contributed by atoms with E-state index in [2.05, 4.69) is 15.8 Å². The Bertz CT molecular complexity index is 1090. The molecule has 0 radical (unpaired) electrons. The molecule has 0 aromatic heterocycles. The molecule has 9 heteroatoms. The van der Waals surface area contributed by atoms with Crippen molar-refractivity contribution in [2.24, 2.45) is 16.9 Å². The van der Waals surface area contributed by atoms with Gasteiger partial charge in [-0.3, -0.25) is 14.4 Å². The van der Waals surface area contributed by atoms with Crippen molar-refractivity contribution < 1.29 is 29.7 Å². The predicted molar refractivity (Wildman–Crippen MR) is 118 cm³/mol. The second-order valence-corrected chi connectivity index (χ2v) is 7.40. The second kappa shape index (κ2) is 9.78. The Morgan fingerprint density at radius 3 is 2.28 bits per heavy atom. The van der Waals surface area contributed by atoms with Gasteiger partial charge in [-0.2, -0.15) is 5.10 Å². The average molecular weight is 437 g/mol. The van der Waals surface area contributed by atoms with Crippen molar-refractivity contribution in [3.8, 4) is 11.5 Å². The molecule has 32 heavy (non-hydrogen) atoms. The first-order valence-corrected chi connectivity index (χ1v) is 9.92. The molecule has 2 amide bonds. The largest absolute Gasteiger partial charge is 0.508 e. The number of nitrogens with one attached hydrogen (secondary N) is 2. The van der Waals surface area contributed by atoms with Gasteiger partial charge < -0.3 is 20.6 Å². The molecule has 1 aliphatic rings. The summed E-state index contributed by atoms with van der Waals surface area (Å²) in [6.07, 6.45) is 4.30. The molecule has 2 aromatic carbocycles. The Morgan fingerprint density at radius 2 is 1.62 bits per heavy atom. The quantitative estimate of drug-likeness (QED) is 0.203. The summed E-state index contributed by atoms with van der Waals surface area (Å²) >= 11 is 0. The number of carbonyl (C=O) groups excluding carboxylic acids is 2. The lowest BCUT2D eigenvalue weighted by Gasteiger charge is -2.24. The van der Waals surface area contributed by atoms with E-state index < -0.39 is 23.7 Å². The lowest BCUT2D eigenvalue weighted by atomic mass is 9.82. The highest BCUT2D eigenvalue weighted by Gasteiger charge is 2.33. The normalized spacial score (nSPS) is 18.1. The van der Waals surface area contributed by atoms with Crippen LogP contribution in [-0.4, -0.2) is 38.8 Å². The van der Waals surface area contributed by atoms with Gasteiger partial charge in [0.2, 0.25) is 5.91 Å². The first-order valence-electron chi connectivity index (χ1n) is 9.92. The number of aliphatic carboxylic acids is 1. The lowest BCUT2D eigenvalue weighted by Crippen LogP contribution is -2.34. The van der Waals surface area contributed by atoms with Gasteiger partial charge >= 0.3 is 5.97 Å². The lowest BCUT2D eigenvalue weighted by molar-refractivity contribution is -0.146. The van der Waals surface area contributed by atoms with E-state index in [0.717, 1.165) is 6.07 Å². The minimum Gasteiger partial charge on any atom is -0.508 e. The molecule has 5 N–H and O–H groups in total. The van der Waals surface area contributed by atoms with E-state index >= 15 is 0 Å². The van der Waals surface area contributed by atoms with Crippen LogP contribution in [0.25, 0.3) is 0 Å². The number of aromatic hydroxyl groups is 2. The first-order chi connectivity index (χ1) is 15.3. The number of phenolic OH excluding ortho intramolecular Hbond substituents is 2. The summed E-state index contributed by atoms with van der Waals surface area (Å²) in [6, 6.07) is 10.3.